The maximum atomic E-state index is 15.4. The third kappa shape index (κ3) is 8.64. The van der Waals surface area contributed by atoms with Crippen molar-refractivity contribution in [1.82, 2.24) is 20.3 Å². The molecule has 0 unspecified atom stereocenters. The van der Waals surface area contributed by atoms with Crippen LogP contribution in [0.1, 0.15) is 70.1 Å². The number of amides is 4. The Labute approximate surface area is 258 Å². The zero-order chi connectivity index (χ0) is 31.6. The van der Waals surface area contributed by atoms with Crippen LogP contribution in [0.4, 0.5) is 15.8 Å². The van der Waals surface area contributed by atoms with E-state index in [9.17, 15) is 19.2 Å². The molecule has 4 amide bonds. The standard InChI is InChI=1S/C32H45FN6O5/c1-4-24-27(20-44-37-24)36-31(42)29(22-10-8-6-7-9-11-22)30(41)35-25-13-12-21(18-23(25)33)19-26(34-28(40)5-2)32(43)39-16-14-38(3)15-17-39/h12-13,18,20,22,26,29H,4-11,14-17,19H2,1-3H3,(H,34,40)(H,35,41)(H,36,42)/t26-,29-/m1/s1. The van der Waals surface area contributed by atoms with E-state index >= 15 is 4.39 Å². The van der Waals surface area contributed by atoms with E-state index in [-0.39, 0.29) is 36.3 Å². The van der Waals surface area contributed by atoms with E-state index in [0.717, 1.165) is 51.6 Å². The highest BCUT2D eigenvalue weighted by Gasteiger charge is 2.36. The second kappa shape index (κ2) is 15.8. The number of benzene rings is 1. The van der Waals surface area contributed by atoms with E-state index in [1.807, 2.05) is 14.0 Å². The maximum Gasteiger partial charge on any atom is 0.245 e. The molecule has 12 heteroatoms. The van der Waals surface area contributed by atoms with Crippen molar-refractivity contribution in [2.75, 3.05) is 43.9 Å². The summed E-state index contributed by atoms with van der Waals surface area (Å²) >= 11 is 0. The molecule has 2 aliphatic rings. The lowest BCUT2D eigenvalue weighted by atomic mass is 9.84. The molecule has 1 aromatic heterocycles. The number of aromatic nitrogens is 1. The SMILES string of the molecule is CCC(=O)N[C@H](Cc1ccc(NC(=O)[C@H](C(=O)Nc2conc2CC)C2CCCCCC2)c(F)c1)C(=O)N1CCN(C)CC1. The van der Waals surface area contributed by atoms with Crippen LogP contribution in [0, 0.1) is 17.7 Å². The van der Waals surface area contributed by atoms with E-state index in [0.29, 0.717) is 36.5 Å². The number of nitrogens with one attached hydrogen (secondary N) is 3. The van der Waals surface area contributed by atoms with Crippen LogP contribution in [0.15, 0.2) is 29.0 Å². The van der Waals surface area contributed by atoms with Gasteiger partial charge < -0.3 is 30.3 Å². The summed E-state index contributed by atoms with van der Waals surface area (Å²) in [7, 11) is 1.99. The first-order chi connectivity index (χ1) is 21.2. The van der Waals surface area contributed by atoms with Gasteiger partial charge in [-0.1, -0.05) is 50.8 Å². The lowest BCUT2D eigenvalue weighted by molar-refractivity contribution is -0.137. The molecule has 11 nitrogen and oxygen atoms in total. The minimum absolute atomic E-state index is 0.0519. The summed E-state index contributed by atoms with van der Waals surface area (Å²) in [6.07, 6.45) is 7.60. The highest BCUT2D eigenvalue weighted by molar-refractivity contribution is 6.11. The van der Waals surface area contributed by atoms with E-state index in [4.69, 9.17) is 4.52 Å². The van der Waals surface area contributed by atoms with Crippen LogP contribution in [-0.4, -0.2) is 77.9 Å². The van der Waals surface area contributed by atoms with Gasteiger partial charge in [-0.05, 0) is 49.9 Å². The fourth-order valence-electron chi connectivity index (χ4n) is 6.00. The molecule has 2 atom stereocenters. The Balaban J connectivity index is 1.49. The average molecular weight is 613 g/mol. The van der Waals surface area contributed by atoms with Crippen molar-refractivity contribution >= 4 is 35.0 Å². The van der Waals surface area contributed by atoms with E-state index < -0.39 is 29.6 Å². The summed E-state index contributed by atoms with van der Waals surface area (Å²) in [5.74, 6) is -3.41. The first-order valence-corrected chi connectivity index (χ1v) is 15.8. The number of likely N-dealkylation sites (N-methyl/N-ethyl adjacent to an activating group) is 1. The van der Waals surface area contributed by atoms with Crippen LogP contribution in [0.25, 0.3) is 0 Å². The smallest absolute Gasteiger partial charge is 0.245 e. The minimum atomic E-state index is -1.03. The number of aryl methyl sites for hydroxylation is 1. The summed E-state index contributed by atoms with van der Waals surface area (Å²) in [5, 5.41) is 12.2. The molecule has 1 aliphatic heterocycles. The zero-order valence-corrected chi connectivity index (χ0v) is 26.0. The van der Waals surface area contributed by atoms with Crippen molar-refractivity contribution in [2.24, 2.45) is 11.8 Å². The van der Waals surface area contributed by atoms with Crippen molar-refractivity contribution in [3.05, 3.63) is 41.5 Å². The third-order valence-corrected chi connectivity index (χ3v) is 8.67. The third-order valence-electron chi connectivity index (χ3n) is 8.67. The predicted molar refractivity (Wildman–Crippen MR) is 164 cm³/mol. The molecule has 1 aliphatic carbocycles. The second-order valence-electron chi connectivity index (χ2n) is 11.9. The van der Waals surface area contributed by atoms with Gasteiger partial charge in [0.2, 0.25) is 23.6 Å². The van der Waals surface area contributed by atoms with Gasteiger partial charge in [-0.2, -0.15) is 0 Å². The fraction of sp³-hybridized carbons (Fsp3) is 0.594. The van der Waals surface area contributed by atoms with Gasteiger partial charge in [-0.25, -0.2) is 4.39 Å². The molecule has 1 saturated carbocycles. The Morgan fingerprint density at radius 2 is 1.64 bits per heavy atom. The molecule has 2 heterocycles. The van der Waals surface area contributed by atoms with Crippen LogP contribution in [0.5, 0.6) is 0 Å². The molecule has 4 rings (SSSR count). The normalized spacial score (nSPS) is 17.8. The topological polar surface area (TPSA) is 137 Å². The summed E-state index contributed by atoms with van der Waals surface area (Å²) in [5.41, 5.74) is 1.46. The molecule has 1 saturated heterocycles. The monoisotopic (exact) mass is 612 g/mol. The van der Waals surface area contributed by atoms with Crippen LogP contribution in [0.2, 0.25) is 0 Å². The minimum Gasteiger partial charge on any atom is -0.362 e. The summed E-state index contributed by atoms with van der Waals surface area (Å²) < 4.78 is 20.5. The Morgan fingerprint density at radius 1 is 0.977 bits per heavy atom. The highest BCUT2D eigenvalue weighted by Crippen LogP contribution is 2.32. The maximum absolute atomic E-state index is 15.4. The first kappa shape index (κ1) is 33.1. The molecule has 44 heavy (non-hydrogen) atoms. The molecule has 240 valence electrons. The molecule has 0 bridgehead atoms. The van der Waals surface area contributed by atoms with Crippen LogP contribution in [0.3, 0.4) is 0 Å². The number of carbonyl (C=O) groups excluding carboxylic acids is 4. The van der Waals surface area contributed by atoms with Gasteiger partial charge in [0.15, 0.2) is 0 Å². The predicted octanol–water partition coefficient (Wildman–Crippen LogP) is 3.75. The lowest BCUT2D eigenvalue weighted by Crippen LogP contribution is -2.54. The molecular formula is C32H45FN6O5. The van der Waals surface area contributed by atoms with E-state index in [1.54, 1.807) is 17.9 Å². The molecule has 1 aromatic carbocycles. The van der Waals surface area contributed by atoms with Gasteiger partial charge in [0.25, 0.3) is 0 Å². The molecule has 2 aromatic rings. The molecule has 2 fully saturated rings. The van der Waals surface area contributed by atoms with Crippen LogP contribution >= 0.6 is 0 Å². The van der Waals surface area contributed by atoms with E-state index in [1.165, 1.54) is 18.4 Å². The van der Waals surface area contributed by atoms with Gasteiger partial charge in [0.05, 0.1) is 5.69 Å². The van der Waals surface area contributed by atoms with Crippen LogP contribution < -0.4 is 16.0 Å². The lowest BCUT2D eigenvalue weighted by Gasteiger charge is -2.34. The number of hydrogen-bond acceptors (Lipinski definition) is 7. The average Bonchev–Trinajstić information content (AvgIpc) is 3.29. The quantitative estimate of drug-likeness (QED) is 0.260. The number of nitrogens with zero attached hydrogens (tertiary/aromatic N) is 3. The zero-order valence-electron chi connectivity index (χ0n) is 26.0. The van der Waals surface area contributed by atoms with Crippen molar-refractivity contribution in [3.63, 3.8) is 0 Å². The Bertz CT molecular complexity index is 1300. The van der Waals surface area contributed by atoms with Crippen molar-refractivity contribution < 1.29 is 28.1 Å². The largest absolute Gasteiger partial charge is 0.362 e. The van der Waals surface area contributed by atoms with Gasteiger partial charge in [0, 0.05) is 39.0 Å². The van der Waals surface area contributed by atoms with Crippen LogP contribution in [-0.2, 0) is 32.0 Å². The number of rotatable bonds is 11. The van der Waals surface area contributed by atoms with Gasteiger partial charge in [-0.15, -0.1) is 0 Å². The van der Waals surface area contributed by atoms with Gasteiger partial charge in [-0.3, -0.25) is 19.2 Å². The number of halogens is 1. The van der Waals surface area contributed by atoms with E-state index in [2.05, 4.69) is 26.0 Å². The van der Waals surface area contributed by atoms with Crippen molar-refractivity contribution in [2.45, 2.75) is 77.7 Å². The molecule has 0 spiro atoms. The number of carbonyl (C=O) groups is 4. The van der Waals surface area contributed by atoms with Gasteiger partial charge in [0.1, 0.15) is 35.4 Å². The summed E-state index contributed by atoms with van der Waals surface area (Å²) in [6, 6.07) is 3.51. The van der Waals surface area contributed by atoms with Crippen molar-refractivity contribution in [3.8, 4) is 0 Å². The summed E-state index contributed by atoms with van der Waals surface area (Å²) in [4.78, 5) is 56.6. The Morgan fingerprint density at radius 3 is 2.25 bits per heavy atom. The molecular weight excluding hydrogens is 567 g/mol. The van der Waals surface area contributed by atoms with Crippen molar-refractivity contribution in [1.29, 1.82) is 0 Å². The number of piperazine rings is 1. The first-order valence-electron chi connectivity index (χ1n) is 15.8. The Hall–Kier alpha value is -3.80. The Kier molecular flexibility index (Phi) is 11.9. The molecule has 0 radical (unpaired) electrons. The number of anilines is 2. The van der Waals surface area contributed by atoms with Gasteiger partial charge >= 0.3 is 0 Å². The number of hydrogen-bond donors (Lipinski definition) is 3. The highest BCUT2D eigenvalue weighted by atomic mass is 19.1. The second-order valence-corrected chi connectivity index (χ2v) is 11.9. The fourth-order valence-corrected chi connectivity index (χ4v) is 6.00. The summed E-state index contributed by atoms with van der Waals surface area (Å²) in [6.45, 7) is 6.18. The molecule has 3 N–H and O–H groups in total.